The van der Waals surface area contributed by atoms with Gasteiger partial charge in [0.05, 0.1) is 10.6 Å². The van der Waals surface area contributed by atoms with Gasteiger partial charge in [-0.15, -0.1) is 0 Å². The molecule has 0 spiro atoms. The minimum absolute atomic E-state index is 0.0214. The van der Waals surface area contributed by atoms with Crippen LogP contribution >= 0.6 is 11.6 Å². The lowest BCUT2D eigenvalue weighted by Gasteiger charge is -2.36. The van der Waals surface area contributed by atoms with Crippen molar-refractivity contribution in [3.8, 4) is 0 Å². The third-order valence-corrected chi connectivity index (χ3v) is 4.21. The summed E-state index contributed by atoms with van der Waals surface area (Å²) in [5.74, 6) is 0.537. The molecule has 1 heterocycles. The minimum atomic E-state index is -0.0214. The van der Waals surface area contributed by atoms with E-state index in [0.29, 0.717) is 22.5 Å². The number of halogens is 1. The Labute approximate surface area is 113 Å². The molecule has 3 nitrogen and oxygen atoms in total. The van der Waals surface area contributed by atoms with E-state index in [1.807, 2.05) is 11.9 Å². The van der Waals surface area contributed by atoms with Crippen LogP contribution in [0.5, 0.6) is 0 Å². The Bertz CT molecular complexity index is 436. The third-order valence-electron chi connectivity index (χ3n) is 3.88. The van der Waals surface area contributed by atoms with Gasteiger partial charge in [-0.25, -0.2) is 0 Å². The van der Waals surface area contributed by atoms with Gasteiger partial charge in [0.2, 0.25) is 0 Å². The molecule has 2 atom stereocenters. The summed E-state index contributed by atoms with van der Waals surface area (Å²) in [6, 6.07) is 1.98. The standard InChI is InChI=1S/C14H19ClN2O/c1-10-5-3-4-6-13(10)17(2)14(18)11-9-16-8-7-12(11)15/h7-10,13H,3-6H2,1-2H3. The van der Waals surface area contributed by atoms with Crippen molar-refractivity contribution >= 4 is 17.5 Å². The predicted molar refractivity (Wildman–Crippen MR) is 72.8 cm³/mol. The SMILES string of the molecule is CC1CCCCC1N(C)C(=O)c1cnccc1Cl. The van der Waals surface area contributed by atoms with E-state index < -0.39 is 0 Å². The molecule has 1 aliphatic carbocycles. The van der Waals surface area contributed by atoms with Crippen LogP contribution in [0.4, 0.5) is 0 Å². The van der Waals surface area contributed by atoms with Crippen LogP contribution in [0.25, 0.3) is 0 Å². The van der Waals surface area contributed by atoms with Crippen LogP contribution in [0.15, 0.2) is 18.5 Å². The second-order valence-electron chi connectivity index (χ2n) is 5.10. The molecule has 0 aliphatic heterocycles. The second-order valence-corrected chi connectivity index (χ2v) is 5.51. The van der Waals surface area contributed by atoms with Crippen molar-refractivity contribution in [1.29, 1.82) is 0 Å². The number of nitrogens with zero attached hydrogens (tertiary/aromatic N) is 2. The molecule has 4 heteroatoms. The van der Waals surface area contributed by atoms with Crippen LogP contribution in [0, 0.1) is 5.92 Å². The lowest BCUT2D eigenvalue weighted by Crippen LogP contribution is -2.42. The molecule has 0 saturated heterocycles. The van der Waals surface area contributed by atoms with Crippen LogP contribution in [-0.4, -0.2) is 28.9 Å². The highest BCUT2D eigenvalue weighted by Gasteiger charge is 2.29. The topological polar surface area (TPSA) is 33.2 Å². The van der Waals surface area contributed by atoms with Crippen LogP contribution < -0.4 is 0 Å². The van der Waals surface area contributed by atoms with Crippen molar-refractivity contribution in [1.82, 2.24) is 9.88 Å². The summed E-state index contributed by atoms with van der Waals surface area (Å²) in [4.78, 5) is 18.2. The Morgan fingerprint density at radius 3 is 2.83 bits per heavy atom. The Morgan fingerprint density at radius 2 is 2.17 bits per heavy atom. The van der Waals surface area contributed by atoms with Crippen molar-refractivity contribution in [2.45, 2.75) is 38.6 Å². The van der Waals surface area contributed by atoms with E-state index in [4.69, 9.17) is 11.6 Å². The maximum absolute atomic E-state index is 12.4. The Kier molecular flexibility index (Phi) is 4.23. The fourth-order valence-electron chi connectivity index (χ4n) is 2.75. The molecule has 0 N–H and O–H groups in total. The summed E-state index contributed by atoms with van der Waals surface area (Å²) in [5, 5.41) is 0.477. The molecule has 1 fully saturated rings. The average molecular weight is 267 g/mol. The van der Waals surface area contributed by atoms with Crippen molar-refractivity contribution in [3.63, 3.8) is 0 Å². The van der Waals surface area contributed by atoms with Crippen LogP contribution in [0.2, 0.25) is 5.02 Å². The van der Waals surface area contributed by atoms with Crippen molar-refractivity contribution < 1.29 is 4.79 Å². The normalized spacial score (nSPS) is 23.7. The maximum atomic E-state index is 12.4. The molecule has 1 aliphatic rings. The van der Waals surface area contributed by atoms with Crippen molar-refractivity contribution in [2.24, 2.45) is 5.92 Å². The first-order chi connectivity index (χ1) is 8.61. The molecule has 1 amide bonds. The summed E-state index contributed by atoms with van der Waals surface area (Å²) in [6.07, 6.45) is 7.90. The van der Waals surface area contributed by atoms with E-state index in [1.54, 1.807) is 18.5 Å². The smallest absolute Gasteiger partial charge is 0.256 e. The predicted octanol–water partition coefficient (Wildman–Crippen LogP) is 3.39. The summed E-state index contributed by atoms with van der Waals surface area (Å²) < 4.78 is 0. The number of pyridine rings is 1. The quantitative estimate of drug-likeness (QED) is 0.822. The van der Waals surface area contributed by atoms with E-state index >= 15 is 0 Å². The molecular formula is C14H19ClN2O. The number of amides is 1. The monoisotopic (exact) mass is 266 g/mol. The van der Waals surface area contributed by atoms with E-state index in [9.17, 15) is 4.79 Å². The molecule has 2 rings (SSSR count). The molecule has 2 unspecified atom stereocenters. The molecule has 0 aromatic carbocycles. The van der Waals surface area contributed by atoms with E-state index in [2.05, 4.69) is 11.9 Å². The van der Waals surface area contributed by atoms with Gasteiger partial charge in [0, 0.05) is 25.5 Å². The van der Waals surface area contributed by atoms with E-state index in [0.717, 1.165) is 6.42 Å². The number of hydrogen-bond acceptors (Lipinski definition) is 2. The van der Waals surface area contributed by atoms with Crippen molar-refractivity contribution in [2.75, 3.05) is 7.05 Å². The van der Waals surface area contributed by atoms with Gasteiger partial charge in [0.1, 0.15) is 0 Å². The van der Waals surface area contributed by atoms with Crippen molar-refractivity contribution in [3.05, 3.63) is 29.0 Å². The number of aromatic nitrogens is 1. The van der Waals surface area contributed by atoms with Crippen LogP contribution in [0.3, 0.4) is 0 Å². The summed E-state index contributed by atoms with van der Waals surface area (Å²) in [6.45, 7) is 2.22. The second kappa shape index (κ2) is 5.70. The molecule has 0 bridgehead atoms. The van der Waals surface area contributed by atoms with Gasteiger partial charge in [-0.2, -0.15) is 0 Å². The summed E-state index contributed by atoms with van der Waals surface area (Å²) >= 11 is 6.05. The van der Waals surface area contributed by atoms with Gasteiger partial charge in [0.15, 0.2) is 0 Å². The number of carbonyl (C=O) groups excluding carboxylic acids is 1. The van der Waals surface area contributed by atoms with Gasteiger partial charge >= 0.3 is 0 Å². The molecule has 1 saturated carbocycles. The van der Waals surface area contributed by atoms with Gasteiger partial charge < -0.3 is 4.90 Å². The largest absolute Gasteiger partial charge is 0.338 e. The first-order valence-corrected chi connectivity index (χ1v) is 6.85. The fourth-order valence-corrected chi connectivity index (χ4v) is 2.93. The zero-order chi connectivity index (χ0) is 13.1. The molecule has 0 radical (unpaired) electrons. The van der Waals surface area contributed by atoms with Gasteiger partial charge in [-0.3, -0.25) is 9.78 Å². The third kappa shape index (κ3) is 2.66. The Balaban J connectivity index is 2.16. The fraction of sp³-hybridized carbons (Fsp3) is 0.571. The zero-order valence-corrected chi connectivity index (χ0v) is 11.7. The highest BCUT2D eigenvalue weighted by Crippen LogP contribution is 2.28. The van der Waals surface area contributed by atoms with Gasteiger partial charge in [-0.05, 0) is 24.8 Å². The van der Waals surface area contributed by atoms with Crippen LogP contribution in [-0.2, 0) is 0 Å². The highest BCUT2D eigenvalue weighted by molar-refractivity contribution is 6.33. The van der Waals surface area contributed by atoms with Gasteiger partial charge in [0.25, 0.3) is 5.91 Å². The lowest BCUT2D eigenvalue weighted by molar-refractivity contribution is 0.0628. The number of rotatable bonds is 2. The number of hydrogen-bond donors (Lipinski definition) is 0. The van der Waals surface area contributed by atoms with E-state index in [1.165, 1.54) is 19.3 Å². The maximum Gasteiger partial charge on any atom is 0.256 e. The molecule has 1 aromatic rings. The minimum Gasteiger partial charge on any atom is -0.338 e. The van der Waals surface area contributed by atoms with Gasteiger partial charge in [-0.1, -0.05) is 31.4 Å². The Hall–Kier alpha value is -1.09. The lowest BCUT2D eigenvalue weighted by atomic mass is 9.85. The molecular weight excluding hydrogens is 248 g/mol. The zero-order valence-electron chi connectivity index (χ0n) is 10.9. The first kappa shape index (κ1) is 13.3. The molecule has 1 aromatic heterocycles. The molecule has 98 valence electrons. The Morgan fingerprint density at radius 1 is 1.44 bits per heavy atom. The average Bonchev–Trinajstić information content (AvgIpc) is 2.38. The van der Waals surface area contributed by atoms with E-state index in [-0.39, 0.29) is 5.91 Å². The highest BCUT2D eigenvalue weighted by atomic mass is 35.5. The van der Waals surface area contributed by atoms with Crippen LogP contribution in [0.1, 0.15) is 43.0 Å². The number of carbonyl (C=O) groups is 1. The summed E-state index contributed by atoms with van der Waals surface area (Å²) in [7, 11) is 1.87. The molecule has 18 heavy (non-hydrogen) atoms. The summed E-state index contributed by atoms with van der Waals surface area (Å²) in [5.41, 5.74) is 0.499. The first-order valence-electron chi connectivity index (χ1n) is 6.48.